The summed E-state index contributed by atoms with van der Waals surface area (Å²) in [6, 6.07) is 1.16. The summed E-state index contributed by atoms with van der Waals surface area (Å²) in [6.07, 6.45) is -0.918. The number of morpholine rings is 1. The van der Waals surface area contributed by atoms with E-state index in [1.165, 1.54) is 0 Å². The summed E-state index contributed by atoms with van der Waals surface area (Å²) in [4.78, 5) is 10.8. The molecular weight excluding hydrogens is 223 g/mol. The van der Waals surface area contributed by atoms with Crippen molar-refractivity contribution in [1.82, 2.24) is 5.32 Å². The Morgan fingerprint density at radius 3 is 2.38 bits per heavy atom. The van der Waals surface area contributed by atoms with Gasteiger partial charge in [-0.15, -0.1) is 0 Å². The molecule has 0 radical (unpaired) electrons. The molecule has 0 bridgehead atoms. The molecule has 6 heteroatoms. The van der Waals surface area contributed by atoms with Crippen LogP contribution in [0, 0.1) is 17.5 Å². The number of carbonyl (C=O) groups excluding carboxylic acids is 1. The number of rotatable bonds is 1. The molecule has 1 aromatic carbocycles. The molecule has 1 saturated heterocycles. The van der Waals surface area contributed by atoms with Crippen LogP contribution in [0.3, 0.4) is 0 Å². The maximum absolute atomic E-state index is 13.3. The van der Waals surface area contributed by atoms with Crippen LogP contribution in [0.1, 0.15) is 11.7 Å². The van der Waals surface area contributed by atoms with Gasteiger partial charge in [-0.1, -0.05) is 0 Å². The highest BCUT2D eigenvalue weighted by Gasteiger charge is 2.26. The Kier molecular flexibility index (Phi) is 2.82. The standard InChI is InChI=1S/C10H8F3NO2/c11-5-1-6(12)10(7(13)2-5)8-3-14-9(15)4-16-8/h1-2,8H,3-4H2,(H,14,15)/t8-/m1/s1. The van der Waals surface area contributed by atoms with Crippen LogP contribution in [0.25, 0.3) is 0 Å². The fourth-order valence-corrected chi connectivity index (χ4v) is 1.54. The smallest absolute Gasteiger partial charge is 0.246 e. The predicted octanol–water partition coefficient (Wildman–Crippen LogP) is 1.29. The number of benzene rings is 1. The first-order valence-corrected chi connectivity index (χ1v) is 4.60. The molecule has 0 aliphatic carbocycles. The van der Waals surface area contributed by atoms with Gasteiger partial charge in [0, 0.05) is 18.7 Å². The summed E-state index contributed by atoms with van der Waals surface area (Å²) in [5.74, 6) is -3.37. The average Bonchev–Trinajstić information content (AvgIpc) is 2.19. The van der Waals surface area contributed by atoms with Crippen molar-refractivity contribution < 1.29 is 22.7 Å². The van der Waals surface area contributed by atoms with Gasteiger partial charge in [-0.25, -0.2) is 13.2 Å². The highest BCUT2D eigenvalue weighted by Crippen LogP contribution is 2.25. The Morgan fingerprint density at radius 2 is 1.88 bits per heavy atom. The number of amides is 1. The van der Waals surface area contributed by atoms with E-state index in [9.17, 15) is 18.0 Å². The fourth-order valence-electron chi connectivity index (χ4n) is 1.54. The lowest BCUT2D eigenvalue weighted by Crippen LogP contribution is -2.39. The van der Waals surface area contributed by atoms with Gasteiger partial charge in [0.2, 0.25) is 5.91 Å². The van der Waals surface area contributed by atoms with E-state index >= 15 is 0 Å². The van der Waals surface area contributed by atoms with E-state index < -0.39 is 23.6 Å². The maximum Gasteiger partial charge on any atom is 0.246 e. The third-order valence-electron chi connectivity index (χ3n) is 2.27. The van der Waals surface area contributed by atoms with Crippen molar-refractivity contribution in [3.05, 3.63) is 35.1 Å². The average molecular weight is 231 g/mol. The van der Waals surface area contributed by atoms with E-state index in [4.69, 9.17) is 4.74 Å². The zero-order valence-corrected chi connectivity index (χ0v) is 8.10. The van der Waals surface area contributed by atoms with Crippen LogP contribution in [0.2, 0.25) is 0 Å². The second-order valence-electron chi connectivity index (χ2n) is 3.39. The summed E-state index contributed by atoms with van der Waals surface area (Å²) in [5, 5.41) is 2.41. The number of ether oxygens (including phenoxy) is 1. The van der Waals surface area contributed by atoms with Crippen molar-refractivity contribution in [2.24, 2.45) is 0 Å². The lowest BCUT2D eigenvalue weighted by atomic mass is 10.1. The van der Waals surface area contributed by atoms with Gasteiger partial charge in [-0.2, -0.15) is 0 Å². The highest BCUT2D eigenvalue weighted by molar-refractivity contribution is 5.77. The zero-order chi connectivity index (χ0) is 11.7. The number of halogens is 3. The van der Waals surface area contributed by atoms with Gasteiger partial charge in [0.15, 0.2) is 0 Å². The normalized spacial score (nSPS) is 20.7. The Labute approximate surface area is 89.2 Å². The fraction of sp³-hybridized carbons (Fsp3) is 0.300. The molecule has 1 aliphatic rings. The van der Waals surface area contributed by atoms with E-state index in [2.05, 4.69) is 5.32 Å². The van der Waals surface area contributed by atoms with E-state index in [-0.39, 0.29) is 24.6 Å². The molecule has 1 N–H and O–H groups in total. The molecule has 0 aromatic heterocycles. The minimum absolute atomic E-state index is 0.0295. The van der Waals surface area contributed by atoms with Gasteiger partial charge in [0.25, 0.3) is 0 Å². The van der Waals surface area contributed by atoms with E-state index in [0.29, 0.717) is 12.1 Å². The first-order chi connectivity index (χ1) is 7.58. The summed E-state index contributed by atoms with van der Waals surface area (Å²) < 4.78 is 44.3. The SMILES string of the molecule is O=C1CO[C@@H](c2c(F)cc(F)cc2F)CN1. The molecule has 1 amide bonds. The molecule has 0 saturated carbocycles. The minimum Gasteiger partial charge on any atom is -0.362 e. The lowest BCUT2D eigenvalue weighted by molar-refractivity contribution is -0.133. The van der Waals surface area contributed by atoms with E-state index in [0.717, 1.165) is 0 Å². The Bertz CT molecular complexity index is 403. The molecule has 3 nitrogen and oxygen atoms in total. The van der Waals surface area contributed by atoms with Gasteiger partial charge >= 0.3 is 0 Å². The molecule has 0 unspecified atom stereocenters. The zero-order valence-electron chi connectivity index (χ0n) is 8.10. The van der Waals surface area contributed by atoms with Crippen molar-refractivity contribution in [2.75, 3.05) is 13.2 Å². The summed E-state index contributed by atoms with van der Waals surface area (Å²) >= 11 is 0. The van der Waals surface area contributed by atoms with Crippen molar-refractivity contribution >= 4 is 5.91 Å². The van der Waals surface area contributed by atoms with Crippen LogP contribution in [0.4, 0.5) is 13.2 Å². The molecule has 1 atom stereocenters. The number of hydrogen-bond donors (Lipinski definition) is 1. The third kappa shape index (κ3) is 2.01. The van der Waals surface area contributed by atoms with Crippen LogP contribution < -0.4 is 5.32 Å². The van der Waals surface area contributed by atoms with Gasteiger partial charge in [0.05, 0.1) is 5.56 Å². The van der Waals surface area contributed by atoms with Gasteiger partial charge in [0.1, 0.15) is 30.2 Å². The summed E-state index contributed by atoms with van der Waals surface area (Å²) in [7, 11) is 0. The molecule has 16 heavy (non-hydrogen) atoms. The molecule has 1 heterocycles. The second kappa shape index (κ2) is 4.13. The van der Waals surface area contributed by atoms with Gasteiger partial charge in [-0.05, 0) is 0 Å². The topological polar surface area (TPSA) is 38.3 Å². The third-order valence-corrected chi connectivity index (χ3v) is 2.27. The first kappa shape index (κ1) is 10.9. The molecule has 1 aliphatic heterocycles. The van der Waals surface area contributed by atoms with Crippen LogP contribution >= 0.6 is 0 Å². The quantitative estimate of drug-likeness (QED) is 0.790. The molecular formula is C10H8F3NO2. The maximum atomic E-state index is 13.3. The molecule has 1 fully saturated rings. The Balaban J connectivity index is 2.30. The molecule has 2 rings (SSSR count). The van der Waals surface area contributed by atoms with Gasteiger partial charge < -0.3 is 10.1 Å². The van der Waals surface area contributed by atoms with Crippen molar-refractivity contribution in [3.8, 4) is 0 Å². The summed E-state index contributed by atoms with van der Waals surface area (Å²) in [6.45, 7) is -0.292. The minimum atomic E-state index is -1.02. The highest BCUT2D eigenvalue weighted by atomic mass is 19.1. The van der Waals surface area contributed by atoms with Gasteiger partial charge in [-0.3, -0.25) is 4.79 Å². The van der Waals surface area contributed by atoms with Crippen LogP contribution in [0.5, 0.6) is 0 Å². The van der Waals surface area contributed by atoms with Crippen molar-refractivity contribution in [3.63, 3.8) is 0 Å². The van der Waals surface area contributed by atoms with Crippen LogP contribution in [-0.4, -0.2) is 19.1 Å². The van der Waals surface area contributed by atoms with Crippen LogP contribution in [0.15, 0.2) is 12.1 Å². The van der Waals surface area contributed by atoms with Crippen LogP contribution in [-0.2, 0) is 9.53 Å². The number of hydrogen-bond acceptors (Lipinski definition) is 2. The second-order valence-corrected chi connectivity index (χ2v) is 3.39. The van der Waals surface area contributed by atoms with Crippen molar-refractivity contribution in [2.45, 2.75) is 6.10 Å². The van der Waals surface area contributed by atoms with E-state index in [1.807, 2.05) is 0 Å². The largest absolute Gasteiger partial charge is 0.362 e. The van der Waals surface area contributed by atoms with Crippen molar-refractivity contribution in [1.29, 1.82) is 0 Å². The molecule has 86 valence electrons. The Hall–Kier alpha value is -1.56. The Morgan fingerprint density at radius 1 is 1.25 bits per heavy atom. The first-order valence-electron chi connectivity index (χ1n) is 4.60. The molecule has 0 spiro atoms. The molecule has 1 aromatic rings. The predicted molar refractivity (Wildman–Crippen MR) is 48.0 cm³/mol. The summed E-state index contributed by atoms with van der Waals surface area (Å²) in [5.41, 5.74) is -0.360. The number of carbonyl (C=O) groups is 1. The van der Waals surface area contributed by atoms with E-state index in [1.54, 1.807) is 0 Å². The number of nitrogens with one attached hydrogen (secondary N) is 1. The monoisotopic (exact) mass is 231 g/mol. The lowest BCUT2D eigenvalue weighted by Gasteiger charge is -2.24.